The van der Waals surface area contributed by atoms with Crippen LogP contribution in [-0.2, 0) is 0 Å². The third kappa shape index (κ3) is 2.99. The number of ether oxygens (including phenoxy) is 1. The second kappa shape index (κ2) is 7.28. The molecule has 2 N–H and O–H groups in total. The standard InChI is InChI=1S/C22H26N6O2/c1-13(2)16-10-19-18(26-22(29)28(19)15-4-6-23-7-5-15)9-17(16)14-8-20(30-3)21-24-12-25-27(21)11-14/h8-13,15,23H,4-7H2,1-3H3,(H,26,29). The number of aromatic amines is 1. The van der Waals surface area contributed by atoms with Crippen LogP contribution >= 0.6 is 0 Å². The normalized spacial score (nSPS) is 15.5. The Morgan fingerprint density at radius 3 is 2.73 bits per heavy atom. The number of nitrogens with one attached hydrogen (secondary N) is 2. The first kappa shape index (κ1) is 18.9. The number of fused-ring (bicyclic) bond motifs is 2. The summed E-state index contributed by atoms with van der Waals surface area (Å²) in [5.41, 5.74) is 5.71. The number of H-pyrrole nitrogens is 1. The number of pyridine rings is 1. The maximum atomic E-state index is 12.9. The van der Waals surface area contributed by atoms with Gasteiger partial charge in [-0.2, -0.15) is 5.10 Å². The molecule has 1 aliphatic rings. The summed E-state index contributed by atoms with van der Waals surface area (Å²) in [6, 6.07) is 6.47. The molecule has 156 valence electrons. The molecule has 4 aromatic rings. The maximum Gasteiger partial charge on any atom is 0.326 e. The third-order valence-electron chi connectivity index (χ3n) is 6.06. The van der Waals surface area contributed by atoms with Gasteiger partial charge in [0.2, 0.25) is 0 Å². The van der Waals surface area contributed by atoms with E-state index in [1.165, 1.54) is 11.9 Å². The highest BCUT2D eigenvalue weighted by atomic mass is 16.5. The Morgan fingerprint density at radius 1 is 1.20 bits per heavy atom. The highest BCUT2D eigenvalue weighted by Crippen LogP contribution is 2.35. The zero-order valence-electron chi connectivity index (χ0n) is 17.5. The van der Waals surface area contributed by atoms with Crippen LogP contribution in [0.1, 0.15) is 44.2 Å². The molecule has 0 unspecified atom stereocenters. The number of aromatic nitrogens is 5. The molecule has 0 spiro atoms. The molecule has 4 heterocycles. The quantitative estimate of drug-likeness (QED) is 0.544. The van der Waals surface area contributed by atoms with Crippen molar-refractivity contribution in [2.45, 2.75) is 38.6 Å². The zero-order chi connectivity index (χ0) is 20.8. The van der Waals surface area contributed by atoms with Crippen molar-refractivity contribution in [3.05, 3.63) is 46.8 Å². The van der Waals surface area contributed by atoms with Crippen LogP contribution in [0.5, 0.6) is 5.75 Å². The number of benzene rings is 1. The van der Waals surface area contributed by atoms with Crippen LogP contribution in [0, 0.1) is 0 Å². The average Bonchev–Trinajstić information content (AvgIpc) is 3.35. The van der Waals surface area contributed by atoms with Crippen LogP contribution < -0.4 is 15.7 Å². The largest absolute Gasteiger partial charge is 0.493 e. The Labute approximate surface area is 173 Å². The fourth-order valence-corrected chi connectivity index (χ4v) is 4.54. The fourth-order valence-electron chi connectivity index (χ4n) is 4.54. The van der Waals surface area contributed by atoms with Crippen molar-refractivity contribution in [2.24, 2.45) is 0 Å². The number of nitrogens with zero attached hydrogens (tertiary/aromatic N) is 4. The molecule has 0 amide bonds. The smallest absolute Gasteiger partial charge is 0.326 e. The van der Waals surface area contributed by atoms with Gasteiger partial charge in [-0.05, 0) is 61.2 Å². The van der Waals surface area contributed by atoms with E-state index in [1.54, 1.807) is 11.6 Å². The van der Waals surface area contributed by atoms with E-state index >= 15 is 0 Å². The summed E-state index contributed by atoms with van der Waals surface area (Å²) in [5.74, 6) is 0.953. The molecule has 8 heteroatoms. The number of methoxy groups -OCH3 is 1. The van der Waals surface area contributed by atoms with Gasteiger partial charge < -0.3 is 15.0 Å². The molecule has 1 aliphatic heterocycles. The third-order valence-corrected chi connectivity index (χ3v) is 6.06. The van der Waals surface area contributed by atoms with E-state index in [0.29, 0.717) is 11.4 Å². The summed E-state index contributed by atoms with van der Waals surface area (Å²) in [4.78, 5) is 20.2. The molecule has 0 saturated carbocycles. The molecule has 1 fully saturated rings. The first-order chi connectivity index (χ1) is 14.6. The Bertz CT molecular complexity index is 1280. The lowest BCUT2D eigenvalue weighted by Crippen LogP contribution is -2.33. The molecule has 8 nitrogen and oxygen atoms in total. The van der Waals surface area contributed by atoms with Crippen LogP contribution in [-0.4, -0.2) is 44.3 Å². The van der Waals surface area contributed by atoms with E-state index in [-0.39, 0.29) is 17.6 Å². The summed E-state index contributed by atoms with van der Waals surface area (Å²) in [5, 5.41) is 7.66. The number of hydrogen-bond acceptors (Lipinski definition) is 5. The predicted octanol–water partition coefficient (Wildman–Crippen LogP) is 3.10. The minimum Gasteiger partial charge on any atom is -0.493 e. The van der Waals surface area contributed by atoms with Crippen molar-refractivity contribution in [1.82, 2.24) is 29.5 Å². The molecule has 3 aromatic heterocycles. The van der Waals surface area contributed by atoms with Gasteiger partial charge in [0.05, 0.1) is 18.1 Å². The van der Waals surface area contributed by atoms with E-state index in [1.807, 2.05) is 16.8 Å². The maximum absolute atomic E-state index is 12.9. The van der Waals surface area contributed by atoms with E-state index in [2.05, 4.69) is 46.4 Å². The lowest BCUT2D eigenvalue weighted by Gasteiger charge is -2.24. The van der Waals surface area contributed by atoms with Crippen molar-refractivity contribution < 1.29 is 4.74 Å². The number of hydrogen-bond donors (Lipinski definition) is 2. The monoisotopic (exact) mass is 406 g/mol. The summed E-state index contributed by atoms with van der Waals surface area (Å²) in [6.45, 7) is 6.23. The van der Waals surface area contributed by atoms with Crippen LogP contribution in [0.2, 0.25) is 0 Å². The summed E-state index contributed by atoms with van der Waals surface area (Å²) in [6.07, 6.45) is 5.40. The van der Waals surface area contributed by atoms with Gasteiger partial charge in [-0.25, -0.2) is 14.3 Å². The predicted molar refractivity (Wildman–Crippen MR) is 116 cm³/mol. The van der Waals surface area contributed by atoms with E-state index < -0.39 is 0 Å². The first-order valence-electron chi connectivity index (χ1n) is 10.4. The summed E-state index contributed by atoms with van der Waals surface area (Å²) in [7, 11) is 1.64. The fraction of sp³-hybridized carbons (Fsp3) is 0.409. The lowest BCUT2D eigenvalue weighted by atomic mass is 9.92. The van der Waals surface area contributed by atoms with Crippen LogP contribution in [0.25, 0.3) is 27.8 Å². The Morgan fingerprint density at radius 2 is 2.00 bits per heavy atom. The molecule has 0 aliphatic carbocycles. The Hall–Kier alpha value is -3.13. The highest BCUT2D eigenvalue weighted by Gasteiger charge is 2.22. The number of rotatable bonds is 4. The van der Waals surface area contributed by atoms with Gasteiger partial charge in [-0.15, -0.1) is 0 Å². The van der Waals surface area contributed by atoms with Gasteiger partial charge in [-0.1, -0.05) is 13.8 Å². The second-order valence-corrected chi connectivity index (χ2v) is 8.22. The van der Waals surface area contributed by atoms with Gasteiger partial charge in [0.25, 0.3) is 0 Å². The van der Waals surface area contributed by atoms with Crippen molar-refractivity contribution in [2.75, 3.05) is 20.2 Å². The van der Waals surface area contributed by atoms with Gasteiger partial charge in [0.1, 0.15) is 6.33 Å². The lowest BCUT2D eigenvalue weighted by molar-refractivity contribution is 0.368. The molecular weight excluding hydrogens is 380 g/mol. The van der Waals surface area contributed by atoms with E-state index in [0.717, 1.165) is 48.1 Å². The molecule has 0 atom stereocenters. The zero-order valence-corrected chi connectivity index (χ0v) is 17.5. The van der Waals surface area contributed by atoms with Gasteiger partial charge in [-0.3, -0.25) is 4.57 Å². The van der Waals surface area contributed by atoms with Crippen molar-refractivity contribution in [3.63, 3.8) is 0 Å². The second-order valence-electron chi connectivity index (χ2n) is 8.22. The summed E-state index contributed by atoms with van der Waals surface area (Å²) < 4.78 is 9.23. The van der Waals surface area contributed by atoms with E-state index in [4.69, 9.17) is 4.74 Å². The molecule has 1 aromatic carbocycles. The topological polar surface area (TPSA) is 89.2 Å². The molecule has 0 bridgehead atoms. The number of imidazole rings is 1. The van der Waals surface area contributed by atoms with E-state index in [9.17, 15) is 4.79 Å². The van der Waals surface area contributed by atoms with Crippen LogP contribution in [0.3, 0.4) is 0 Å². The summed E-state index contributed by atoms with van der Waals surface area (Å²) >= 11 is 0. The first-order valence-corrected chi connectivity index (χ1v) is 10.4. The van der Waals surface area contributed by atoms with Crippen molar-refractivity contribution in [1.29, 1.82) is 0 Å². The van der Waals surface area contributed by atoms with Gasteiger partial charge >= 0.3 is 5.69 Å². The minimum absolute atomic E-state index is 0.0342. The average molecular weight is 406 g/mol. The SMILES string of the molecule is COc1cc(-c2cc3[nH]c(=O)n(C4CCNCC4)c3cc2C(C)C)cn2ncnc12. The van der Waals surface area contributed by atoms with Crippen molar-refractivity contribution >= 4 is 16.7 Å². The number of piperidine rings is 1. The Balaban J connectivity index is 1.73. The molecule has 30 heavy (non-hydrogen) atoms. The van der Waals surface area contributed by atoms with Crippen LogP contribution in [0.4, 0.5) is 0 Å². The highest BCUT2D eigenvalue weighted by molar-refractivity contribution is 5.85. The van der Waals surface area contributed by atoms with Crippen LogP contribution in [0.15, 0.2) is 35.5 Å². The molecular formula is C22H26N6O2. The molecule has 1 saturated heterocycles. The van der Waals surface area contributed by atoms with Gasteiger partial charge in [0, 0.05) is 17.8 Å². The minimum atomic E-state index is -0.0342. The molecule has 0 radical (unpaired) electrons. The van der Waals surface area contributed by atoms with Crippen molar-refractivity contribution in [3.8, 4) is 16.9 Å². The van der Waals surface area contributed by atoms with Gasteiger partial charge in [0.15, 0.2) is 11.4 Å². The molecule has 5 rings (SSSR count). The Kier molecular flexibility index (Phi) is 4.58.